The van der Waals surface area contributed by atoms with Crippen LogP contribution in [0, 0.1) is 11.8 Å². The van der Waals surface area contributed by atoms with Gasteiger partial charge in [0.1, 0.15) is 18.4 Å². The first-order valence-electron chi connectivity index (χ1n) is 22.1. The van der Waals surface area contributed by atoms with Gasteiger partial charge in [0, 0.05) is 25.2 Å². The second kappa shape index (κ2) is 33.9. The number of ketones is 1. The van der Waals surface area contributed by atoms with Gasteiger partial charge in [-0.2, -0.15) is 0 Å². The summed E-state index contributed by atoms with van der Waals surface area (Å²) in [5.74, 6) is -3.27. The molecule has 1 saturated carbocycles. The number of esters is 2. The fourth-order valence-electron chi connectivity index (χ4n) is 6.70. The highest BCUT2D eigenvalue weighted by Crippen LogP contribution is 2.43. The molecule has 1 rings (SSSR count). The summed E-state index contributed by atoms with van der Waals surface area (Å²) in [6, 6.07) is -1.56. The lowest BCUT2D eigenvalue weighted by atomic mass is 9.88. The Balaban J connectivity index is 2.49. The van der Waals surface area contributed by atoms with Gasteiger partial charge in [0.15, 0.2) is 6.10 Å². The Morgan fingerprint density at radius 3 is 2.03 bits per heavy atom. The van der Waals surface area contributed by atoms with Crippen molar-refractivity contribution < 1.29 is 62.5 Å². The lowest BCUT2D eigenvalue weighted by molar-refractivity contribution is -0.161. The van der Waals surface area contributed by atoms with Gasteiger partial charge < -0.3 is 35.4 Å². The molecule has 15 heteroatoms. The van der Waals surface area contributed by atoms with Crippen LogP contribution < -0.4 is 5.73 Å². The molecule has 0 radical (unpaired) electrons. The molecular formula is C44H76NO13P. The number of hydrogen-bond acceptors (Lipinski definition) is 12. The Morgan fingerprint density at radius 1 is 0.797 bits per heavy atom. The number of ether oxygens (including phenoxy) is 2. The van der Waals surface area contributed by atoms with Gasteiger partial charge in [-0.25, -0.2) is 4.57 Å². The molecule has 0 aromatic rings. The predicted molar refractivity (Wildman–Crippen MR) is 227 cm³/mol. The van der Waals surface area contributed by atoms with E-state index >= 15 is 0 Å². The lowest BCUT2D eigenvalue weighted by Gasteiger charge is -2.20. The van der Waals surface area contributed by atoms with Crippen molar-refractivity contribution in [1.29, 1.82) is 0 Å². The minimum Gasteiger partial charge on any atom is -0.480 e. The summed E-state index contributed by atoms with van der Waals surface area (Å²) in [4.78, 5) is 58.7. The Labute approximate surface area is 353 Å². The maximum absolute atomic E-state index is 12.7. The number of nitrogens with two attached hydrogens (primary N) is 1. The highest BCUT2D eigenvalue weighted by Gasteiger charge is 2.39. The van der Waals surface area contributed by atoms with E-state index in [1.165, 1.54) is 19.3 Å². The molecule has 1 aliphatic rings. The van der Waals surface area contributed by atoms with E-state index in [0.29, 0.717) is 32.1 Å². The van der Waals surface area contributed by atoms with Gasteiger partial charge >= 0.3 is 25.7 Å². The molecule has 0 aliphatic heterocycles. The fraction of sp³-hybridized carbons (Fsp3) is 0.773. The molecule has 1 aliphatic carbocycles. The average molecular weight is 858 g/mol. The number of aliphatic hydroxyl groups is 2. The van der Waals surface area contributed by atoms with Crippen molar-refractivity contribution in [2.75, 3.05) is 19.8 Å². The second-order valence-electron chi connectivity index (χ2n) is 15.6. The third kappa shape index (κ3) is 28.4. The highest BCUT2D eigenvalue weighted by molar-refractivity contribution is 7.47. The number of carbonyl (C=O) groups excluding carboxylic acids is 3. The number of hydrogen-bond donors (Lipinski definition) is 5. The van der Waals surface area contributed by atoms with Crippen molar-refractivity contribution >= 4 is 31.5 Å². The summed E-state index contributed by atoms with van der Waals surface area (Å²) in [6.45, 7) is 2.41. The van der Waals surface area contributed by atoms with E-state index in [1.807, 2.05) is 0 Å². The van der Waals surface area contributed by atoms with Crippen LogP contribution in [0.1, 0.15) is 162 Å². The number of phosphoric ester groups is 1. The summed E-state index contributed by atoms with van der Waals surface area (Å²) in [5, 5.41) is 29.7. The van der Waals surface area contributed by atoms with E-state index in [1.54, 1.807) is 12.2 Å². The van der Waals surface area contributed by atoms with Gasteiger partial charge in [-0.1, -0.05) is 121 Å². The highest BCUT2D eigenvalue weighted by atomic mass is 31.2. The number of phosphoric acid groups is 1. The van der Waals surface area contributed by atoms with Crippen LogP contribution in [0.5, 0.6) is 0 Å². The zero-order valence-electron chi connectivity index (χ0n) is 35.8. The maximum Gasteiger partial charge on any atom is 0.472 e. The molecule has 0 spiro atoms. The summed E-state index contributed by atoms with van der Waals surface area (Å²) in [7, 11) is -4.79. The molecule has 6 N–H and O–H groups in total. The van der Waals surface area contributed by atoms with Crippen molar-refractivity contribution in [2.24, 2.45) is 17.6 Å². The second-order valence-corrected chi connectivity index (χ2v) is 17.1. The molecule has 0 heterocycles. The quantitative estimate of drug-likeness (QED) is 0.0172. The molecule has 14 nitrogen and oxygen atoms in total. The monoisotopic (exact) mass is 858 g/mol. The van der Waals surface area contributed by atoms with Gasteiger partial charge in [-0.05, 0) is 63.7 Å². The zero-order valence-corrected chi connectivity index (χ0v) is 36.7. The van der Waals surface area contributed by atoms with Crippen molar-refractivity contribution in [1.82, 2.24) is 0 Å². The fourth-order valence-corrected chi connectivity index (χ4v) is 7.48. The Kier molecular flexibility index (Phi) is 31.2. The number of carboxylic acid groups (broad SMARTS) is 1. The van der Waals surface area contributed by atoms with E-state index in [9.17, 15) is 38.8 Å². The van der Waals surface area contributed by atoms with Crippen molar-refractivity contribution in [3.63, 3.8) is 0 Å². The third-order valence-electron chi connectivity index (χ3n) is 10.3. The molecule has 0 saturated heterocycles. The van der Waals surface area contributed by atoms with Crippen LogP contribution in [0.25, 0.3) is 0 Å². The maximum atomic E-state index is 12.7. The molecule has 0 aromatic heterocycles. The van der Waals surface area contributed by atoms with Crippen LogP contribution in [-0.4, -0.2) is 88.1 Å². The topological polar surface area (TPSA) is 229 Å². The molecule has 0 amide bonds. The molecule has 1 fully saturated rings. The van der Waals surface area contributed by atoms with Gasteiger partial charge in [0.05, 0.1) is 25.4 Å². The number of carbonyl (C=O) groups is 4. The van der Waals surface area contributed by atoms with Crippen LogP contribution in [-0.2, 0) is 42.3 Å². The molecule has 0 aromatic carbocycles. The Bertz CT molecular complexity index is 1310. The molecule has 340 valence electrons. The third-order valence-corrected chi connectivity index (χ3v) is 11.2. The normalized spacial score (nSPS) is 19.7. The van der Waals surface area contributed by atoms with Gasteiger partial charge in [-0.3, -0.25) is 28.2 Å². The van der Waals surface area contributed by atoms with Gasteiger partial charge in [0.2, 0.25) is 0 Å². The summed E-state index contributed by atoms with van der Waals surface area (Å²) >= 11 is 0. The van der Waals surface area contributed by atoms with Gasteiger partial charge in [-0.15, -0.1) is 0 Å². The number of allylic oxidation sites excluding steroid dienone is 5. The lowest BCUT2D eigenvalue weighted by Crippen LogP contribution is -2.34. The Hall–Kier alpha value is -2.71. The molecule has 1 unspecified atom stereocenters. The molecule has 59 heavy (non-hydrogen) atoms. The molecular weight excluding hydrogens is 781 g/mol. The van der Waals surface area contributed by atoms with Crippen LogP contribution in [0.15, 0.2) is 36.5 Å². The minimum absolute atomic E-state index is 0.0168. The molecule has 7 atom stereocenters. The van der Waals surface area contributed by atoms with Crippen molar-refractivity contribution in [3.8, 4) is 0 Å². The van der Waals surface area contributed by atoms with Crippen LogP contribution >= 0.6 is 7.82 Å². The number of rotatable bonds is 37. The number of aliphatic carboxylic acids is 1. The first-order chi connectivity index (χ1) is 28.3. The van der Waals surface area contributed by atoms with Crippen LogP contribution in [0.2, 0.25) is 0 Å². The van der Waals surface area contributed by atoms with Crippen molar-refractivity contribution in [3.05, 3.63) is 36.5 Å². The van der Waals surface area contributed by atoms with Crippen LogP contribution in [0.3, 0.4) is 0 Å². The smallest absolute Gasteiger partial charge is 0.472 e. The van der Waals surface area contributed by atoms with Gasteiger partial charge in [0.25, 0.3) is 0 Å². The van der Waals surface area contributed by atoms with Crippen LogP contribution in [0.4, 0.5) is 0 Å². The SMILES string of the molecule is CCCCC/C=C\C/C=C\CCCCCCCC(=O)OC[C@H](COP(=O)(O)OC[C@H](N)C(=O)O)OC(=O)CCCCCC[C@H]1[C@@H](O)CC(=O)[C@@H]1/C=C/[C@@H](O)CCCCC. The average Bonchev–Trinajstić information content (AvgIpc) is 3.47. The molecule has 0 bridgehead atoms. The van der Waals surface area contributed by atoms with E-state index in [4.69, 9.17) is 24.8 Å². The van der Waals surface area contributed by atoms with E-state index in [2.05, 4.69) is 42.7 Å². The van der Waals surface area contributed by atoms with E-state index in [-0.39, 0.29) is 31.0 Å². The number of unbranched alkanes of at least 4 members (excludes halogenated alkanes) is 13. The number of Topliss-reactive ketones (excluding diaryl/α,β-unsaturated/α-hetero) is 1. The Morgan fingerprint density at radius 2 is 1.37 bits per heavy atom. The summed E-state index contributed by atoms with van der Waals surface area (Å²) < 4.78 is 32.7. The zero-order chi connectivity index (χ0) is 43.7. The first kappa shape index (κ1) is 54.3. The first-order valence-corrected chi connectivity index (χ1v) is 23.6. The summed E-state index contributed by atoms with van der Waals surface area (Å²) in [6.07, 6.45) is 28.3. The summed E-state index contributed by atoms with van der Waals surface area (Å²) in [5.41, 5.74) is 5.33. The minimum atomic E-state index is -4.79. The standard InChI is InChI=1S/C44H76NO13P/c1-3-5-7-8-9-10-11-12-13-14-15-16-17-18-23-27-42(49)55-32-36(33-56-59(53,54)57-34-39(45)44(51)52)58-43(50)28-24-20-19-22-26-37-38(41(48)31-40(37)47)30-29-35(46)25-21-6-4-2/h9-10,12-13,29-30,35-40,46-47H,3-8,11,14-28,31-34,45H2,1-2H3,(H,51,52)(H,53,54)/b10-9-,13-12-,30-29+/t35-,36+,37+,38+,39-,40-/m0/s1. The van der Waals surface area contributed by atoms with Crippen molar-refractivity contribution in [2.45, 2.75) is 186 Å². The predicted octanol–water partition coefficient (Wildman–Crippen LogP) is 8.20. The number of carboxylic acids is 1. The number of aliphatic hydroxyl groups excluding tert-OH is 2. The van der Waals surface area contributed by atoms with E-state index in [0.717, 1.165) is 77.0 Å². The largest absolute Gasteiger partial charge is 0.480 e. The van der Waals surface area contributed by atoms with E-state index < -0.39 is 75.8 Å².